The minimum atomic E-state index is 0.627. The van der Waals surface area contributed by atoms with Gasteiger partial charge in [-0.2, -0.15) is 0 Å². The first kappa shape index (κ1) is 30.9. The van der Waals surface area contributed by atoms with Gasteiger partial charge in [0.1, 0.15) is 5.52 Å². The van der Waals surface area contributed by atoms with E-state index >= 15 is 0 Å². The van der Waals surface area contributed by atoms with Gasteiger partial charge < -0.3 is 0 Å². The number of rotatable bonds is 6. The summed E-state index contributed by atoms with van der Waals surface area (Å²) in [4.78, 5) is 15.0. The van der Waals surface area contributed by atoms with Gasteiger partial charge in [0.25, 0.3) is 0 Å². The second kappa shape index (κ2) is 13.0. The van der Waals surface area contributed by atoms with E-state index in [1.165, 1.54) is 15.0 Å². The van der Waals surface area contributed by atoms with E-state index < -0.39 is 0 Å². The molecule has 0 spiro atoms. The van der Waals surface area contributed by atoms with Gasteiger partial charge in [-0.1, -0.05) is 146 Å². The predicted octanol–water partition coefficient (Wildman–Crippen LogP) is 12.2. The number of hydrogen-bond acceptors (Lipinski definition) is 6. The van der Waals surface area contributed by atoms with Crippen LogP contribution in [-0.2, 0) is 0 Å². The topological polar surface area (TPSA) is 64.5 Å². The Bertz CT molecular complexity index is 2940. The van der Waals surface area contributed by atoms with Gasteiger partial charge >= 0.3 is 0 Å². The summed E-state index contributed by atoms with van der Waals surface area (Å²) in [6.07, 6.45) is 0. The SMILES string of the molecule is c1ccc(-c2ccc(-c3nc(-c4ccccc4)nc(-c4cccc(-c5cccc(-c6ccc7sc8c9ccccc9nnc8c7c6)c5)c4)n3)cc2)cc1. The van der Waals surface area contributed by atoms with Gasteiger partial charge in [-0.15, -0.1) is 21.5 Å². The van der Waals surface area contributed by atoms with E-state index in [0.29, 0.717) is 17.5 Å². The summed E-state index contributed by atoms with van der Waals surface area (Å²) in [5, 5.41) is 11.4. The summed E-state index contributed by atoms with van der Waals surface area (Å²) in [5.74, 6) is 1.90. The maximum atomic E-state index is 5.04. The van der Waals surface area contributed by atoms with Crippen molar-refractivity contribution in [2.75, 3.05) is 0 Å². The second-order valence-electron chi connectivity index (χ2n) is 13.0. The van der Waals surface area contributed by atoms with Crippen LogP contribution < -0.4 is 0 Å². The van der Waals surface area contributed by atoms with Crippen LogP contribution in [0.2, 0.25) is 0 Å². The first-order valence-corrected chi connectivity index (χ1v) is 18.3. The van der Waals surface area contributed by atoms with Gasteiger partial charge in [-0.25, -0.2) is 15.0 Å². The van der Waals surface area contributed by atoms with Crippen LogP contribution in [0.3, 0.4) is 0 Å². The molecule has 0 atom stereocenters. The number of nitrogens with zero attached hydrogens (tertiary/aromatic N) is 5. The molecule has 248 valence electrons. The molecule has 0 aliphatic rings. The largest absolute Gasteiger partial charge is 0.208 e. The van der Waals surface area contributed by atoms with Crippen LogP contribution in [0.15, 0.2) is 176 Å². The molecular weight excluding hydrogens is 667 g/mol. The lowest BCUT2D eigenvalue weighted by molar-refractivity contribution is 1.07. The fraction of sp³-hybridized carbons (Fsp3) is 0. The van der Waals surface area contributed by atoms with Crippen LogP contribution in [-0.4, -0.2) is 25.1 Å². The molecule has 0 saturated carbocycles. The summed E-state index contributed by atoms with van der Waals surface area (Å²) in [5.41, 5.74) is 11.5. The Balaban J connectivity index is 1.02. The molecule has 7 aromatic carbocycles. The Labute approximate surface area is 310 Å². The van der Waals surface area contributed by atoms with E-state index in [-0.39, 0.29) is 0 Å². The van der Waals surface area contributed by atoms with Crippen molar-refractivity contribution in [1.82, 2.24) is 25.1 Å². The molecule has 3 aromatic heterocycles. The highest BCUT2D eigenvalue weighted by Crippen LogP contribution is 2.39. The third kappa shape index (κ3) is 5.81. The molecule has 0 aliphatic heterocycles. The monoisotopic (exact) mass is 695 g/mol. The molecule has 0 N–H and O–H groups in total. The summed E-state index contributed by atoms with van der Waals surface area (Å²) >= 11 is 1.77. The first-order chi connectivity index (χ1) is 26.2. The molecule has 0 fully saturated rings. The summed E-state index contributed by atoms with van der Waals surface area (Å²) in [7, 11) is 0. The number of fused-ring (bicyclic) bond motifs is 5. The molecule has 10 aromatic rings. The molecular formula is C47H29N5S. The molecule has 0 saturated heterocycles. The zero-order valence-corrected chi connectivity index (χ0v) is 29.2. The third-order valence-electron chi connectivity index (χ3n) is 9.64. The van der Waals surface area contributed by atoms with Crippen molar-refractivity contribution in [3.63, 3.8) is 0 Å². The molecule has 0 bridgehead atoms. The smallest absolute Gasteiger partial charge is 0.164 e. The normalized spacial score (nSPS) is 11.4. The highest BCUT2D eigenvalue weighted by atomic mass is 32.1. The summed E-state index contributed by atoms with van der Waals surface area (Å²) in [6, 6.07) is 60.9. The molecule has 5 nitrogen and oxygen atoms in total. The van der Waals surface area contributed by atoms with E-state index in [0.717, 1.165) is 66.3 Å². The van der Waals surface area contributed by atoms with Crippen molar-refractivity contribution in [2.45, 2.75) is 0 Å². The van der Waals surface area contributed by atoms with Gasteiger partial charge in [-0.3, -0.25) is 0 Å². The fourth-order valence-corrected chi connectivity index (χ4v) is 8.06. The van der Waals surface area contributed by atoms with Crippen LogP contribution in [0, 0.1) is 0 Å². The van der Waals surface area contributed by atoms with Crippen LogP contribution >= 0.6 is 11.3 Å². The Kier molecular flexibility index (Phi) is 7.59. The van der Waals surface area contributed by atoms with Gasteiger partial charge in [0, 0.05) is 32.2 Å². The number of benzene rings is 7. The molecule has 53 heavy (non-hydrogen) atoms. The third-order valence-corrected chi connectivity index (χ3v) is 10.8. The number of aromatic nitrogens is 5. The van der Waals surface area contributed by atoms with E-state index in [2.05, 4.69) is 138 Å². The molecule has 0 radical (unpaired) electrons. The number of hydrogen-bond donors (Lipinski definition) is 0. The molecule has 10 rings (SSSR count). The molecule has 0 amide bonds. The molecule has 0 unspecified atom stereocenters. The van der Waals surface area contributed by atoms with Crippen LogP contribution in [0.4, 0.5) is 0 Å². The second-order valence-corrected chi connectivity index (χ2v) is 14.0. The Morgan fingerprint density at radius 3 is 1.49 bits per heavy atom. The maximum absolute atomic E-state index is 5.04. The fourth-order valence-electron chi connectivity index (χ4n) is 6.91. The van der Waals surface area contributed by atoms with E-state index in [1.807, 2.05) is 48.5 Å². The van der Waals surface area contributed by atoms with Crippen molar-refractivity contribution in [1.29, 1.82) is 0 Å². The van der Waals surface area contributed by atoms with E-state index in [4.69, 9.17) is 15.0 Å². The van der Waals surface area contributed by atoms with Crippen molar-refractivity contribution >= 4 is 42.5 Å². The first-order valence-electron chi connectivity index (χ1n) is 17.5. The highest BCUT2D eigenvalue weighted by Gasteiger charge is 2.15. The van der Waals surface area contributed by atoms with E-state index in [1.54, 1.807) is 11.3 Å². The molecule has 6 heteroatoms. The zero-order valence-electron chi connectivity index (χ0n) is 28.4. The minimum absolute atomic E-state index is 0.627. The van der Waals surface area contributed by atoms with Gasteiger partial charge in [0.2, 0.25) is 0 Å². The Hall–Kier alpha value is -6.89. The Morgan fingerprint density at radius 2 is 0.792 bits per heavy atom. The van der Waals surface area contributed by atoms with Crippen LogP contribution in [0.25, 0.3) is 98.7 Å². The quantitative estimate of drug-likeness (QED) is 0.173. The summed E-state index contributed by atoms with van der Waals surface area (Å²) < 4.78 is 2.38. The van der Waals surface area contributed by atoms with Gasteiger partial charge in [-0.05, 0) is 63.7 Å². The average Bonchev–Trinajstić information content (AvgIpc) is 3.63. The predicted molar refractivity (Wildman–Crippen MR) is 218 cm³/mol. The average molecular weight is 696 g/mol. The lowest BCUT2D eigenvalue weighted by Gasteiger charge is -2.11. The van der Waals surface area contributed by atoms with Crippen molar-refractivity contribution in [2.24, 2.45) is 0 Å². The van der Waals surface area contributed by atoms with Crippen LogP contribution in [0.5, 0.6) is 0 Å². The molecule has 3 heterocycles. The van der Waals surface area contributed by atoms with Crippen molar-refractivity contribution in [3.05, 3.63) is 176 Å². The number of thiophene rings is 1. The lowest BCUT2D eigenvalue weighted by Crippen LogP contribution is -2.00. The van der Waals surface area contributed by atoms with Crippen molar-refractivity contribution < 1.29 is 0 Å². The minimum Gasteiger partial charge on any atom is -0.208 e. The van der Waals surface area contributed by atoms with Gasteiger partial charge in [0.05, 0.1) is 10.2 Å². The Morgan fingerprint density at radius 1 is 0.321 bits per heavy atom. The van der Waals surface area contributed by atoms with Gasteiger partial charge in [0.15, 0.2) is 17.5 Å². The maximum Gasteiger partial charge on any atom is 0.164 e. The van der Waals surface area contributed by atoms with E-state index in [9.17, 15) is 0 Å². The summed E-state index contributed by atoms with van der Waals surface area (Å²) in [6.45, 7) is 0. The van der Waals surface area contributed by atoms with Crippen LogP contribution in [0.1, 0.15) is 0 Å². The lowest BCUT2D eigenvalue weighted by atomic mass is 9.97. The highest BCUT2D eigenvalue weighted by molar-refractivity contribution is 7.26. The zero-order chi connectivity index (χ0) is 35.1. The standard InChI is InChI=1S/C47H29N5S/c1-3-11-30(12-4-1)31-21-23-33(24-22-31)46-48-45(32-13-5-2-6-14-32)49-47(50-46)38-18-10-17-36(28-38)34-15-9-16-35(27-34)37-25-26-42-40(29-37)43-44(53-42)39-19-7-8-20-41(39)51-52-43/h1-29H. The van der Waals surface area contributed by atoms with Crippen molar-refractivity contribution in [3.8, 4) is 67.5 Å². The molecule has 0 aliphatic carbocycles.